The molecule has 0 radical (unpaired) electrons. The highest BCUT2D eigenvalue weighted by Gasteiger charge is 2.16. The Morgan fingerprint density at radius 3 is 2.90 bits per heavy atom. The average Bonchev–Trinajstić information content (AvgIpc) is 2.77. The summed E-state index contributed by atoms with van der Waals surface area (Å²) in [6, 6.07) is 4.23. The molecule has 0 spiro atoms. The molecule has 0 bridgehead atoms. The molecule has 1 heterocycles. The smallest absolute Gasteiger partial charge is 0.313 e. The van der Waals surface area contributed by atoms with Gasteiger partial charge in [0.05, 0.1) is 18.4 Å². The molecule has 0 unspecified atom stereocenters. The number of halogens is 1. The van der Waals surface area contributed by atoms with E-state index >= 15 is 0 Å². The molecule has 0 atom stereocenters. The van der Waals surface area contributed by atoms with Gasteiger partial charge in [0.1, 0.15) is 11.6 Å². The van der Waals surface area contributed by atoms with Gasteiger partial charge >= 0.3 is 5.97 Å². The predicted octanol–water partition coefficient (Wildman–Crippen LogP) is 0.983. The molecule has 0 saturated carbocycles. The molecule has 3 N–H and O–H groups in total. The molecular weight excluding hydrogens is 287 g/mol. The van der Waals surface area contributed by atoms with Crippen LogP contribution in [0, 0.1) is 5.82 Å². The van der Waals surface area contributed by atoms with E-state index in [9.17, 15) is 9.18 Å². The standard InChI is InChI=1S/C11H11FN4O3S/c1-19-6-2-3-7(8(12)4-6)10-14-15-11(16(10)13)20-5-9(17)18/h2-4H,5,13H2,1H3,(H,17,18). The predicted molar refractivity (Wildman–Crippen MR) is 70.5 cm³/mol. The first-order chi connectivity index (χ1) is 9.52. The van der Waals surface area contributed by atoms with E-state index in [2.05, 4.69) is 10.2 Å². The Morgan fingerprint density at radius 2 is 2.30 bits per heavy atom. The molecule has 2 rings (SSSR count). The van der Waals surface area contributed by atoms with E-state index in [1.165, 1.54) is 19.2 Å². The van der Waals surface area contributed by atoms with Gasteiger partial charge in [-0.3, -0.25) is 4.79 Å². The van der Waals surface area contributed by atoms with Gasteiger partial charge in [-0.25, -0.2) is 9.07 Å². The summed E-state index contributed by atoms with van der Waals surface area (Å²) in [7, 11) is 1.43. The lowest BCUT2D eigenvalue weighted by molar-refractivity contribution is -0.133. The van der Waals surface area contributed by atoms with Crippen LogP contribution in [0.1, 0.15) is 0 Å². The number of carbonyl (C=O) groups is 1. The minimum absolute atomic E-state index is 0.109. The minimum atomic E-state index is -1.00. The van der Waals surface area contributed by atoms with Crippen molar-refractivity contribution in [3.63, 3.8) is 0 Å². The van der Waals surface area contributed by atoms with Crippen LogP contribution in [0.2, 0.25) is 0 Å². The molecule has 1 aromatic carbocycles. The van der Waals surface area contributed by atoms with Gasteiger partial charge in [0.2, 0.25) is 5.16 Å². The quantitative estimate of drug-likeness (QED) is 0.626. The van der Waals surface area contributed by atoms with Crippen molar-refractivity contribution in [1.29, 1.82) is 0 Å². The highest BCUT2D eigenvalue weighted by molar-refractivity contribution is 7.99. The number of methoxy groups -OCH3 is 1. The fourth-order valence-electron chi connectivity index (χ4n) is 1.49. The average molecular weight is 298 g/mol. The van der Waals surface area contributed by atoms with Gasteiger partial charge in [-0.2, -0.15) is 0 Å². The van der Waals surface area contributed by atoms with E-state index in [0.29, 0.717) is 5.75 Å². The molecule has 0 saturated heterocycles. The summed E-state index contributed by atoms with van der Waals surface area (Å²) in [4.78, 5) is 10.5. The zero-order valence-corrected chi connectivity index (χ0v) is 11.2. The molecule has 9 heteroatoms. The number of ether oxygens (including phenoxy) is 1. The largest absolute Gasteiger partial charge is 0.497 e. The van der Waals surface area contributed by atoms with E-state index in [1.54, 1.807) is 6.07 Å². The van der Waals surface area contributed by atoms with Crippen molar-refractivity contribution in [1.82, 2.24) is 14.9 Å². The number of nitrogens with two attached hydrogens (primary N) is 1. The number of rotatable bonds is 5. The van der Waals surface area contributed by atoms with Gasteiger partial charge in [-0.1, -0.05) is 11.8 Å². The van der Waals surface area contributed by atoms with Crippen LogP contribution in [-0.4, -0.2) is 38.8 Å². The van der Waals surface area contributed by atoms with Gasteiger partial charge < -0.3 is 15.7 Å². The van der Waals surface area contributed by atoms with Crippen LogP contribution in [0.3, 0.4) is 0 Å². The fraction of sp³-hybridized carbons (Fsp3) is 0.182. The van der Waals surface area contributed by atoms with Crippen LogP contribution in [0.25, 0.3) is 11.4 Å². The molecule has 0 aliphatic rings. The Labute approximate surface area is 117 Å². The SMILES string of the molecule is COc1ccc(-c2nnc(SCC(=O)O)n2N)c(F)c1. The summed E-state index contributed by atoms with van der Waals surface area (Å²) in [6.07, 6.45) is 0. The summed E-state index contributed by atoms with van der Waals surface area (Å²) in [5.41, 5.74) is 0.156. The molecule has 20 heavy (non-hydrogen) atoms. The number of aliphatic carboxylic acids is 1. The van der Waals surface area contributed by atoms with Crippen molar-refractivity contribution < 1.29 is 19.0 Å². The lowest BCUT2D eigenvalue weighted by Gasteiger charge is -2.05. The lowest BCUT2D eigenvalue weighted by Crippen LogP contribution is -2.13. The van der Waals surface area contributed by atoms with Crippen LogP contribution in [0.4, 0.5) is 4.39 Å². The molecule has 1 aromatic heterocycles. The van der Waals surface area contributed by atoms with Crippen molar-refractivity contribution in [2.75, 3.05) is 18.7 Å². The summed E-state index contributed by atoms with van der Waals surface area (Å²) >= 11 is 0.902. The van der Waals surface area contributed by atoms with Crippen molar-refractivity contribution >= 4 is 17.7 Å². The van der Waals surface area contributed by atoms with E-state index in [4.69, 9.17) is 15.7 Å². The van der Waals surface area contributed by atoms with Crippen molar-refractivity contribution in [2.45, 2.75) is 5.16 Å². The number of hydrogen-bond donors (Lipinski definition) is 2. The van der Waals surface area contributed by atoms with Crippen molar-refractivity contribution in [2.24, 2.45) is 0 Å². The zero-order valence-electron chi connectivity index (χ0n) is 10.4. The Bertz CT molecular complexity index is 647. The number of carboxylic acids is 1. The molecule has 0 aliphatic heterocycles. The summed E-state index contributed by atoms with van der Waals surface area (Å²) < 4.78 is 19.9. The Morgan fingerprint density at radius 1 is 1.55 bits per heavy atom. The molecule has 7 nitrogen and oxygen atoms in total. The van der Waals surface area contributed by atoms with E-state index in [-0.39, 0.29) is 22.3 Å². The third-order valence-corrected chi connectivity index (χ3v) is 3.33. The van der Waals surface area contributed by atoms with Gasteiger partial charge in [0.15, 0.2) is 5.82 Å². The van der Waals surface area contributed by atoms with Crippen molar-refractivity contribution in [3.8, 4) is 17.1 Å². The van der Waals surface area contributed by atoms with Crippen molar-refractivity contribution in [3.05, 3.63) is 24.0 Å². The third-order valence-electron chi connectivity index (χ3n) is 2.41. The monoisotopic (exact) mass is 298 g/mol. The maximum atomic E-state index is 13.9. The molecular formula is C11H11FN4O3S. The highest BCUT2D eigenvalue weighted by Crippen LogP contribution is 2.26. The number of carboxylic acid groups (broad SMARTS) is 1. The summed E-state index contributed by atoms with van der Waals surface area (Å²) in [6.45, 7) is 0. The summed E-state index contributed by atoms with van der Waals surface area (Å²) in [5.74, 6) is 4.45. The van der Waals surface area contributed by atoms with Crippen LogP contribution in [0.15, 0.2) is 23.4 Å². The second kappa shape index (κ2) is 5.78. The first kappa shape index (κ1) is 14.1. The lowest BCUT2D eigenvalue weighted by atomic mass is 10.2. The number of benzene rings is 1. The number of nitrogens with zero attached hydrogens (tertiary/aromatic N) is 3. The normalized spacial score (nSPS) is 10.5. The Balaban J connectivity index is 2.32. The zero-order chi connectivity index (χ0) is 14.7. The second-order valence-corrected chi connectivity index (χ2v) is 4.65. The third kappa shape index (κ3) is 2.82. The molecule has 0 amide bonds. The Hall–Kier alpha value is -2.29. The fourth-order valence-corrected chi connectivity index (χ4v) is 2.07. The van der Waals surface area contributed by atoms with E-state index < -0.39 is 11.8 Å². The van der Waals surface area contributed by atoms with E-state index in [0.717, 1.165) is 16.4 Å². The van der Waals surface area contributed by atoms with Crippen LogP contribution in [0.5, 0.6) is 5.75 Å². The second-order valence-electron chi connectivity index (χ2n) is 3.70. The topological polar surface area (TPSA) is 103 Å². The first-order valence-corrected chi connectivity index (χ1v) is 6.40. The number of hydrogen-bond acceptors (Lipinski definition) is 6. The molecule has 0 aliphatic carbocycles. The number of thioether (sulfide) groups is 1. The maximum Gasteiger partial charge on any atom is 0.313 e. The molecule has 0 fully saturated rings. The van der Waals surface area contributed by atoms with Gasteiger partial charge in [0.25, 0.3) is 0 Å². The van der Waals surface area contributed by atoms with Crippen LogP contribution >= 0.6 is 11.8 Å². The van der Waals surface area contributed by atoms with Crippen LogP contribution in [-0.2, 0) is 4.79 Å². The first-order valence-electron chi connectivity index (χ1n) is 5.42. The summed E-state index contributed by atoms with van der Waals surface area (Å²) in [5, 5.41) is 16.3. The number of aromatic nitrogens is 3. The minimum Gasteiger partial charge on any atom is -0.497 e. The van der Waals surface area contributed by atoms with Gasteiger partial charge in [-0.15, -0.1) is 10.2 Å². The maximum absolute atomic E-state index is 13.9. The van der Waals surface area contributed by atoms with Crippen LogP contribution < -0.4 is 10.6 Å². The Kier molecular flexibility index (Phi) is 4.08. The van der Waals surface area contributed by atoms with Gasteiger partial charge in [0, 0.05) is 6.07 Å². The highest BCUT2D eigenvalue weighted by atomic mass is 32.2. The molecule has 2 aromatic rings. The molecule has 106 valence electrons. The van der Waals surface area contributed by atoms with Gasteiger partial charge in [-0.05, 0) is 12.1 Å². The van der Waals surface area contributed by atoms with E-state index in [1.807, 2.05) is 0 Å². The number of nitrogen functional groups attached to an aromatic ring is 1.